The van der Waals surface area contributed by atoms with E-state index in [4.69, 9.17) is 15.3 Å². The lowest BCUT2D eigenvalue weighted by molar-refractivity contribution is -0.154. The molecule has 0 aliphatic carbocycles. The van der Waals surface area contributed by atoms with E-state index in [2.05, 4.69) is 0 Å². The molecule has 4 rings (SSSR count). The van der Waals surface area contributed by atoms with E-state index in [1.165, 1.54) is 4.90 Å². The lowest BCUT2D eigenvalue weighted by atomic mass is 10.2. The van der Waals surface area contributed by atoms with Gasteiger partial charge in [-0.25, -0.2) is 13.6 Å². The first-order valence-electron chi connectivity index (χ1n) is 11.2. The van der Waals surface area contributed by atoms with Crippen LogP contribution in [0, 0.1) is 11.6 Å². The lowest BCUT2D eigenvalue weighted by Gasteiger charge is -2.24. The summed E-state index contributed by atoms with van der Waals surface area (Å²) in [6.45, 7) is 1.08. The monoisotopic (exact) mass is 511 g/mol. The largest absolute Gasteiger partial charge is 0.442 e. The maximum absolute atomic E-state index is 15.1. The molecule has 2 aliphatic heterocycles. The number of nitrogens with two attached hydrogens (primary N) is 1. The fraction of sp³-hybridized carbons (Fsp3) is 0.391. The molecule has 1 atom stereocenters. The number of nitrogens with zero attached hydrogens (tertiary/aromatic N) is 3. The number of amides is 2. The third kappa shape index (κ3) is 5.97. The maximum Gasteiger partial charge on any atom is 0.414 e. The quantitative estimate of drug-likeness (QED) is 0.435. The van der Waals surface area contributed by atoms with Gasteiger partial charge in [0.25, 0.3) is 5.91 Å². The zero-order valence-corrected chi connectivity index (χ0v) is 19.1. The summed E-state index contributed by atoms with van der Waals surface area (Å²) in [5.74, 6) is -3.25. The Labute approximate surface area is 204 Å². The fourth-order valence-corrected chi connectivity index (χ4v) is 4.00. The molecule has 9 nitrogen and oxygen atoms in total. The van der Waals surface area contributed by atoms with Crippen LogP contribution in [0.15, 0.2) is 36.4 Å². The summed E-state index contributed by atoms with van der Waals surface area (Å²) in [5.41, 5.74) is 6.99. The Morgan fingerprint density at radius 2 is 1.81 bits per heavy atom. The van der Waals surface area contributed by atoms with Crippen LogP contribution in [0.25, 0.3) is 0 Å². The number of halogens is 4. The van der Waals surface area contributed by atoms with Crippen LogP contribution in [-0.2, 0) is 20.9 Å². The molecule has 0 unspecified atom stereocenters. The van der Waals surface area contributed by atoms with Gasteiger partial charge in [0.05, 0.1) is 25.4 Å². The highest BCUT2D eigenvalue weighted by Gasteiger charge is 2.34. The van der Waals surface area contributed by atoms with E-state index in [0.29, 0.717) is 25.3 Å². The lowest BCUT2D eigenvalue weighted by Crippen LogP contribution is -2.37. The predicted molar refractivity (Wildman–Crippen MR) is 122 cm³/mol. The number of anilines is 3. The second-order valence-corrected chi connectivity index (χ2v) is 8.35. The van der Waals surface area contributed by atoms with E-state index in [9.17, 15) is 18.4 Å². The van der Waals surface area contributed by atoms with Gasteiger partial charge in [0, 0.05) is 44.0 Å². The van der Waals surface area contributed by atoms with Crippen molar-refractivity contribution < 1.29 is 36.7 Å². The first-order valence-corrected chi connectivity index (χ1v) is 11.2. The van der Waals surface area contributed by atoms with Crippen molar-refractivity contribution in [2.45, 2.75) is 19.1 Å². The van der Waals surface area contributed by atoms with Crippen molar-refractivity contribution >= 4 is 29.1 Å². The summed E-state index contributed by atoms with van der Waals surface area (Å²) in [7, 11) is 0. The molecular formula is C23H25F4N5O4. The zero-order chi connectivity index (χ0) is 25.8. The zero-order valence-electron chi connectivity index (χ0n) is 19.1. The van der Waals surface area contributed by atoms with Gasteiger partial charge in [0.1, 0.15) is 11.8 Å². The Hall–Kier alpha value is -3.58. The molecule has 0 saturated carbocycles. The molecule has 0 bridgehead atoms. The second-order valence-electron chi connectivity index (χ2n) is 8.35. The number of hydrogen-bond acceptors (Lipinski definition) is 7. The molecule has 2 fully saturated rings. The number of benzene rings is 2. The molecule has 2 amide bonds. The number of hydroxylamine groups is 2. The summed E-state index contributed by atoms with van der Waals surface area (Å²) in [6.07, 6.45) is -5.05. The average molecular weight is 511 g/mol. The van der Waals surface area contributed by atoms with Crippen LogP contribution in [0.3, 0.4) is 0 Å². The molecule has 3 N–H and O–H groups in total. The molecule has 13 heteroatoms. The van der Waals surface area contributed by atoms with Gasteiger partial charge in [0.15, 0.2) is 11.6 Å². The highest BCUT2D eigenvalue weighted by molar-refractivity contribution is 5.90. The van der Waals surface area contributed by atoms with E-state index >= 15 is 8.78 Å². The molecule has 0 radical (unpaired) electrons. The normalized spacial score (nSPS) is 18.9. The van der Waals surface area contributed by atoms with Gasteiger partial charge < -0.3 is 20.7 Å². The van der Waals surface area contributed by atoms with E-state index in [-0.39, 0.29) is 37.6 Å². The first kappa shape index (κ1) is 25.5. The molecule has 0 spiro atoms. The minimum absolute atomic E-state index is 0.0857. The second kappa shape index (κ2) is 11.0. The molecule has 194 valence electrons. The van der Waals surface area contributed by atoms with Crippen LogP contribution in [0.5, 0.6) is 0 Å². The molecule has 0 aromatic heterocycles. The minimum atomic E-state index is -3.21. The van der Waals surface area contributed by atoms with Crippen molar-refractivity contribution in [3.8, 4) is 0 Å². The van der Waals surface area contributed by atoms with Crippen LogP contribution in [0.1, 0.15) is 5.56 Å². The van der Waals surface area contributed by atoms with Gasteiger partial charge in [0.2, 0.25) is 0 Å². The maximum atomic E-state index is 15.1. The van der Waals surface area contributed by atoms with E-state index < -0.39 is 36.2 Å². The van der Waals surface area contributed by atoms with Crippen molar-refractivity contribution in [3.05, 3.63) is 53.6 Å². The Kier molecular flexibility index (Phi) is 7.79. The fourth-order valence-electron chi connectivity index (χ4n) is 4.00. The molecular weight excluding hydrogens is 486 g/mol. The van der Waals surface area contributed by atoms with Crippen molar-refractivity contribution in [3.63, 3.8) is 0 Å². The van der Waals surface area contributed by atoms with Gasteiger partial charge in [-0.15, -0.1) is 0 Å². The number of alkyl halides is 2. The molecule has 2 aliphatic rings. The summed E-state index contributed by atoms with van der Waals surface area (Å²) in [4.78, 5) is 31.4. The number of carbonyl (C=O) groups is 2. The standard InChI is InChI=1S/C23H25F4N5O4/c24-18-9-16(32-13-17(36-23(32)34)11-29-22(33)21(26)27)10-19(25)20(18)30-5-6-31(35-8-7-30)12-14-1-3-15(28)4-2-14/h1-4,9-10,17,21H,5-8,11-13,28H2,(H,29,33)/t17-/m0/s1. The van der Waals surface area contributed by atoms with Gasteiger partial charge >= 0.3 is 12.5 Å². The molecule has 2 aromatic rings. The number of nitrogen functional groups attached to an aromatic ring is 1. The smallest absolute Gasteiger partial charge is 0.414 e. The molecule has 2 heterocycles. The molecule has 2 aromatic carbocycles. The number of carbonyl (C=O) groups excluding carboxylic acids is 2. The topological polar surface area (TPSA) is 100 Å². The summed E-state index contributed by atoms with van der Waals surface area (Å²) >= 11 is 0. The molecule has 2 saturated heterocycles. The average Bonchev–Trinajstić information content (AvgIpc) is 3.06. The van der Waals surface area contributed by atoms with E-state index in [1.807, 2.05) is 17.4 Å². The summed E-state index contributed by atoms with van der Waals surface area (Å²) in [5, 5.41) is 3.66. The number of cyclic esters (lactones) is 1. The van der Waals surface area contributed by atoms with Crippen LogP contribution >= 0.6 is 0 Å². The Morgan fingerprint density at radius 1 is 1.11 bits per heavy atom. The van der Waals surface area contributed by atoms with Crippen molar-refractivity contribution in [1.82, 2.24) is 10.4 Å². The highest BCUT2D eigenvalue weighted by Crippen LogP contribution is 2.31. The van der Waals surface area contributed by atoms with Gasteiger partial charge in [-0.2, -0.15) is 13.8 Å². The van der Waals surface area contributed by atoms with Crippen molar-refractivity contribution in [2.24, 2.45) is 0 Å². The van der Waals surface area contributed by atoms with Gasteiger partial charge in [-0.05, 0) is 17.7 Å². The Balaban J connectivity index is 1.40. The number of hydrogen-bond donors (Lipinski definition) is 2. The van der Waals surface area contributed by atoms with E-state index in [1.54, 1.807) is 17.2 Å². The van der Waals surface area contributed by atoms with E-state index in [0.717, 1.165) is 22.6 Å². The SMILES string of the molecule is Nc1ccc(CN2CCN(c3c(F)cc(N4C[C@H](CNC(=O)C(F)F)OC4=O)cc3F)CCO2)cc1. The van der Waals surface area contributed by atoms with Crippen molar-refractivity contribution in [2.75, 3.05) is 54.9 Å². The molecule has 36 heavy (non-hydrogen) atoms. The summed E-state index contributed by atoms with van der Waals surface area (Å²) < 4.78 is 59.8. The third-order valence-corrected chi connectivity index (χ3v) is 5.80. The number of rotatable bonds is 7. The Morgan fingerprint density at radius 3 is 2.47 bits per heavy atom. The Bertz CT molecular complexity index is 1080. The first-order chi connectivity index (χ1) is 17.2. The number of ether oxygens (including phenoxy) is 1. The predicted octanol–water partition coefficient (Wildman–Crippen LogP) is 2.51. The van der Waals surface area contributed by atoms with Crippen LogP contribution in [0.2, 0.25) is 0 Å². The van der Waals surface area contributed by atoms with Crippen molar-refractivity contribution in [1.29, 1.82) is 0 Å². The third-order valence-electron chi connectivity index (χ3n) is 5.80. The minimum Gasteiger partial charge on any atom is -0.442 e. The summed E-state index contributed by atoms with van der Waals surface area (Å²) in [6, 6.07) is 9.34. The van der Waals surface area contributed by atoms with Gasteiger partial charge in [-0.1, -0.05) is 12.1 Å². The van der Waals surface area contributed by atoms with Crippen LogP contribution in [0.4, 0.5) is 39.4 Å². The van der Waals surface area contributed by atoms with Crippen LogP contribution in [-0.4, -0.2) is 68.9 Å². The highest BCUT2D eigenvalue weighted by atomic mass is 19.3. The number of nitrogens with one attached hydrogen (secondary N) is 1. The van der Waals surface area contributed by atoms with Crippen LogP contribution < -0.4 is 20.9 Å². The van der Waals surface area contributed by atoms with Gasteiger partial charge in [-0.3, -0.25) is 14.5 Å².